The molecular weight excluding hydrogens is 134 g/mol. The Morgan fingerprint density at radius 3 is 2.56 bits per heavy atom. The molecule has 1 N–H and O–H groups in total. The summed E-state index contributed by atoms with van der Waals surface area (Å²) < 4.78 is 0. The smallest absolute Gasteiger partial charge is 0.0311 e. The van der Waals surface area contributed by atoms with Crippen LogP contribution in [0.3, 0.4) is 0 Å². The Labute approximate surface area is 61.8 Å². The zero-order valence-corrected chi connectivity index (χ0v) is 6.78. The maximum atomic E-state index is 5.82. The molecule has 0 spiro atoms. The van der Waals surface area contributed by atoms with Gasteiger partial charge in [0.2, 0.25) is 0 Å². The molecule has 9 heavy (non-hydrogen) atoms. The summed E-state index contributed by atoms with van der Waals surface area (Å²) in [5.41, 5.74) is 0. The lowest BCUT2D eigenvalue weighted by atomic mass is 9.89. The molecule has 0 aliphatic carbocycles. The van der Waals surface area contributed by atoms with Gasteiger partial charge in [-0.05, 0) is 32.7 Å². The molecule has 1 aliphatic rings. The van der Waals surface area contributed by atoms with Gasteiger partial charge in [0.05, 0.1) is 0 Å². The number of halogens is 1. The molecule has 0 bridgehead atoms. The second-order valence-corrected chi connectivity index (χ2v) is 3.72. The first-order valence-electron chi connectivity index (χ1n) is 3.57. The summed E-state index contributed by atoms with van der Waals surface area (Å²) in [4.78, 5) is 0. The molecule has 2 heteroatoms. The molecule has 1 heterocycles. The van der Waals surface area contributed by atoms with E-state index in [1.165, 1.54) is 0 Å². The van der Waals surface area contributed by atoms with E-state index in [9.17, 15) is 0 Å². The van der Waals surface area contributed by atoms with Gasteiger partial charge in [-0.1, -0.05) is 0 Å². The lowest BCUT2D eigenvalue weighted by molar-refractivity contribution is 0.236. The molecule has 1 rings (SSSR count). The van der Waals surface area contributed by atoms with E-state index >= 15 is 0 Å². The molecule has 3 atom stereocenters. The van der Waals surface area contributed by atoms with Crippen molar-refractivity contribution in [3.63, 3.8) is 0 Å². The Morgan fingerprint density at radius 1 is 1.78 bits per heavy atom. The van der Waals surface area contributed by atoms with Gasteiger partial charge >= 0.3 is 0 Å². The van der Waals surface area contributed by atoms with Crippen LogP contribution < -0.4 is 5.32 Å². The number of nitrogens with one attached hydrogen (secondary N) is 1. The molecule has 1 nitrogen and oxygen atoms in total. The Balaban J connectivity index is 2.13. The van der Waals surface area contributed by atoms with Crippen molar-refractivity contribution < 1.29 is 0 Å². The number of hydrogen-bond acceptors (Lipinski definition) is 1. The summed E-state index contributed by atoms with van der Waals surface area (Å²) in [5, 5.41) is 3.65. The Kier molecular flexibility index (Phi) is 2.36. The molecule has 0 saturated carbocycles. The summed E-state index contributed by atoms with van der Waals surface area (Å²) >= 11 is 5.82. The van der Waals surface area contributed by atoms with Crippen molar-refractivity contribution in [2.75, 3.05) is 6.54 Å². The first-order valence-corrected chi connectivity index (χ1v) is 4.01. The Morgan fingerprint density at radius 2 is 2.44 bits per heavy atom. The average molecular weight is 148 g/mol. The van der Waals surface area contributed by atoms with Crippen molar-refractivity contribution in [3.8, 4) is 0 Å². The third kappa shape index (κ3) is 1.84. The standard InChI is InChI=1S/C7H14ClN/c1-5(8)3-7-4-9-6(7)2/h5-7,9H,3-4H2,1-2H3. The minimum absolute atomic E-state index is 0.347. The third-order valence-electron chi connectivity index (χ3n) is 2.04. The number of alkyl halides is 1. The van der Waals surface area contributed by atoms with Crippen molar-refractivity contribution in [2.45, 2.75) is 31.7 Å². The molecule has 0 aromatic carbocycles. The van der Waals surface area contributed by atoms with Crippen molar-refractivity contribution >= 4 is 11.6 Å². The maximum absolute atomic E-state index is 5.82. The molecule has 54 valence electrons. The van der Waals surface area contributed by atoms with Crippen LogP contribution >= 0.6 is 11.6 Å². The molecule has 0 aromatic heterocycles. The molecule has 1 aliphatic heterocycles. The molecule has 0 amide bonds. The number of hydrogen-bond donors (Lipinski definition) is 1. The summed E-state index contributed by atoms with van der Waals surface area (Å²) in [6.45, 7) is 5.44. The first-order chi connectivity index (χ1) is 4.20. The van der Waals surface area contributed by atoms with Crippen LogP contribution in [-0.2, 0) is 0 Å². The highest BCUT2D eigenvalue weighted by Gasteiger charge is 2.26. The third-order valence-corrected chi connectivity index (χ3v) is 2.21. The molecule has 0 aromatic rings. The lowest BCUT2D eigenvalue weighted by Crippen LogP contribution is -2.51. The lowest BCUT2D eigenvalue weighted by Gasteiger charge is -2.36. The largest absolute Gasteiger partial charge is 0.314 e. The van der Waals surface area contributed by atoms with Gasteiger partial charge in [0.25, 0.3) is 0 Å². The highest BCUT2D eigenvalue weighted by Crippen LogP contribution is 2.20. The van der Waals surface area contributed by atoms with Crippen LogP contribution in [0.25, 0.3) is 0 Å². The van der Waals surface area contributed by atoms with Crippen molar-refractivity contribution in [1.82, 2.24) is 5.32 Å². The Hall–Kier alpha value is 0.250. The summed E-state index contributed by atoms with van der Waals surface area (Å²) in [6, 6.07) is 0.700. The van der Waals surface area contributed by atoms with E-state index in [1.54, 1.807) is 0 Å². The minimum Gasteiger partial charge on any atom is -0.314 e. The van der Waals surface area contributed by atoms with Crippen LogP contribution in [0, 0.1) is 5.92 Å². The topological polar surface area (TPSA) is 12.0 Å². The fourth-order valence-corrected chi connectivity index (χ4v) is 1.45. The van der Waals surface area contributed by atoms with Gasteiger partial charge in [0.15, 0.2) is 0 Å². The van der Waals surface area contributed by atoms with E-state index < -0.39 is 0 Å². The predicted molar refractivity (Wildman–Crippen MR) is 40.9 cm³/mol. The van der Waals surface area contributed by atoms with E-state index in [0.717, 1.165) is 18.9 Å². The van der Waals surface area contributed by atoms with Crippen LogP contribution in [0.5, 0.6) is 0 Å². The van der Waals surface area contributed by atoms with Gasteiger partial charge in [-0.3, -0.25) is 0 Å². The van der Waals surface area contributed by atoms with Crippen LogP contribution in [0.2, 0.25) is 0 Å². The predicted octanol–water partition coefficient (Wildman–Crippen LogP) is 1.61. The first kappa shape index (κ1) is 7.36. The minimum atomic E-state index is 0.347. The fourth-order valence-electron chi connectivity index (χ4n) is 1.22. The average Bonchev–Trinajstić information content (AvgIpc) is 1.79. The van der Waals surface area contributed by atoms with Crippen LogP contribution in [0.15, 0.2) is 0 Å². The van der Waals surface area contributed by atoms with E-state index in [-0.39, 0.29) is 0 Å². The van der Waals surface area contributed by atoms with Crippen LogP contribution in [-0.4, -0.2) is 18.0 Å². The zero-order chi connectivity index (χ0) is 6.85. The summed E-state index contributed by atoms with van der Waals surface area (Å²) in [7, 11) is 0. The van der Waals surface area contributed by atoms with Gasteiger partial charge in [-0.15, -0.1) is 11.6 Å². The molecule has 3 unspecified atom stereocenters. The molecule has 0 radical (unpaired) electrons. The zero-order valence-electron chi connectivity index (χ0n) is 6.02. The van der Waals surface area contributed by atoms with Crippen molar-refractivity contribution in [2.24, 2.45) is 5.92 Å². The maximum Gasteiger partial charge on any atom is 0.0311 e. The normalized spacial score (nSPS) is 37.7. The van der Waals surface area contributed by atoms with E-state index in [4.69, 9.17) is 11.6 Å². The van der Waals surface area contributed by atoms with Crippen molar-refractivity contribution in [1.29, 1.82) is 0 Å². The summed E-state index contributed by atoms with van der Waals surface area (Å²) in [5.74, 6) is 0.831. The second-order valence-electron chi connectivity index (χ2n) is 2.97. The van der Waals surface area contributed by atoms with Crippen LogP contribution in [0.4, 0.5) is 0 Å². The van der Waals surface area contributed by atoms with Crippen LogP contribution in [0.1, 0.15) is 20.3 Å². The monoisotopic (exact) mass is 147 g/mol. The van der Waals surface area contributed by atoms with Crippen molar-refractivity contribution in [3.05, 3.63) is 0 Å². The van der Waals surface area contributed by atoms with E-state index in [2.05, 4.69) is 19.2 Å². The van der Waals surface area contributed by atoms with Gasteiger partial charge in [0.1, 0.15) is 0 Å². The van der Waals surface area contributed by atoms with E-state index in [1.807, 2.05) is 0 Å². The quantitative estimate of drug-likeness (QED) is 0.586. The fraction of sp³-hybridized carbons (Fsp3) is 1.00. The second kappa shape index (κ2) is 2.89. The number of rotatable bonds is 2. The van der Waals surface area contributed by atoms with Gasteiger partial charge in [-0.2, -0.15) is 0 Å². The summed E-state index contributed by atoms with van der Waals surface area (Å²) in [6.07, 6.45) is 1.16. The molecular formula is C7H14ClN. The Bertz CT molecular complexity index is 92.9. The van der Waals surface area contributed by atoms with Gasteiger partial charge in [-0.25, -0.2) is 0 Å². The van der Waals surface area contributed by atoms with Gasteiger partial charge < -0.3 is 5.32 Å². The highest BCUT2D eigenvalue weighted by molar-refractivity contribution is 6.20. The molecule has 1 fully saturated rings. The molecule has 1 saturated heterocycles. The highest BCUT2D eigenvalue weighted by atomic mass is 35.5. The van der Waals surface area contributed by atoms with Gasteiger partial charge in [0, 0.05) is 11.4 Å². The van der Waals surface area contributed by atoms with E-state index in [0.29, 0.717) is 11.4 Å². The SMILES string of the molecule is CC(Cl)CC1CNC1C.